The molecule has 0 spiro atoms. The molecule has 14 heavy (non-hydrogen) atoms. The second-order valence-electron chi connectivity index (χ2n) is 3.57. The normalized spacial score (nSPS) is 13.2. The summed E-state index contributed by atoms with van der Waals surface area (Å²) < 4.78 is 3.20. The van der Waals surface area contributed by atoms with Crippen LogP contribution in [0.4, 0.5) is 0 Å². The van der Waals surface area contributed by atoms with E-state index in [1.165, 1.54) is 0 Å². The zero-order valence-electron chi connectivity index (χ0n) is 8.65. The van der Waals surface area contributed by atoms with Gasteiger partial charge in [0.2, 0.25) is 3.79 Å². The molecule has 0 aliphatic rings. The Bertz CT molecular complexity index is 165. The predicted octanol–water partition coefficient (Wildman–Crippen LogP) is 2.42. The molecule has 0 heterocycles. The summed E-state index contributed by atoms with van der Waals surface area (Å²) in [5.74, 6) is 0. The lowest BCUT2D eigenvalue weighted by Crippen LogP contribution is -2.27. The number of halogens is 2. The predicted molar refractivity (Wildman–Crippen MR) is 77.0 cm³/mol. The van der Waals surface area contributed by atoms with Crippen LogP contribution >= 0.6 is 45.5 Å². The van der Waals surface area contributed by atoms with E-state index in [9.17, 15) is 4.79 Å². The second-order valence-corrected chi connectivity index (χ2v) is 5.26. The molecule has 0 bridgehead atoms. The molecular formula is C9H18I2N2O. The fourth-order valence-electron chi connectivity index (χ4n) is 1.08. The molecular weight excluding hydrogens is 406 g/mol. The quantitative estimate of drug-likeness (QED) is 0.272. The number of carbonyl (C=O) groups is 1. The van der Waals surface area contributed by atoms with Crippen LogP contribution in [0.5, 0.6) is 0 Å². The average molecular weight is 424 g/mol. The summed E-state index contributed by atoms with van der Waals surface area (Å²) in [6.07, 6.45) is 3.16. The van der Waals surface area contributed by atoms with Gasteiger partial charge in [-0.3, -0.25) is 4.79 Å². The molecule has 0 aliphatic heterocycles. The van der Waals surface area contributed by atoms with Crippen LogP contribution in [0.25, 0.3) is 0 Å². The van der Waals surface area contributed by atoms with Crippen molar-refractivity contribution in [2.75, 3.05) is 6.54 Å². The van der Waals surface area contributed by atoms with Gasteiger partial charge in [0.05, 0.1) is 6.04 Å². The van der Waals surface area contributed by atoms with Gasteiger partial charge in [-0.1, -0.05) is 20.3 Å². The summed E-state index contributed by atoms with van der Waals surface area (Å²) >= 11 is 3.90. The lowest BCUT2D eigenvalue weighted by molar-refractivity contribution is -0.110. The Balaban J connectivity index is 3.38. The molecule has 2 N–H and O–H groups in total. The SMILES string of the molecule is CC(C)NCCCCC(NI)C(=O)I. The van der Waals surface area contributed by atoms with E-state index in [-0.39, 0.29) is 9.83 Å². The summed E-state index contributed by atoms with van der Waals surface area (Å²) in [5, 5.41) is 3.36. The van der Waals surface area contributed by atoms with Crippen molar-refractivity contribution in [1.29, 1.82) is 0 Å². The fraction of sp³-hybridized carbons (Fsp3) is 0.889. The first kappa shape index (κ1) is 15.0. The van der Waals surface area contributed by atoms with Gasteiger partial charge in [0.15, 0.2) is 0 Å². The number of unbranched alkanes of at least 4 members (excludes halogenated alkanes) is 1. The van der Waals surface area contributed by atoms with Crippen LogP contribution in [-0.4, -0.2) is 22.4 Å². The summed E-state index contributed by atoms with van der Waals surface area (Å²) in [5.41, 5.74) is 0. The molecule has 0 saturated heterocycles. The molecule has 0 fully saturated rings. The summed E-state index contributed by atoms with van der Waals surface area (Å²) in [4.78, 5) is 11.1. The maximum atomic E-state index is 11.1. The van der Waals surface area contributed by atoms with Gasteiger partial charge in [-0.25, -0.2) is 3.53 Å². The number of nitrogens with one attached hydrogen (secondary N) is 2. The van der Waals surface area contributed by atoms with Gasteiger partial charge in [-0.05, 0) is 19.4 Å². The highest BCUT2D eigenvalue weighted by Crippen LogP contribution is 2.06. The molecule has 84 valence electrons. The first-order chi connectivity index (χ1) is 6.57. The Morgan fingerprint density at radius 1 is 1.36 bits per heavy atom. The van der Waals surface area contributed by atoms with Crippen molar-refractivity contribution in [3.05, 3.63) is 0 Å². The molecule has 0 aromatic heterocycles. The Kier molecular flexibility index (Phi) is 9.99. The maximum Gasteiger partial charge on any atom is 0.209 e. The number of carbonyl (C=O) groups excluding carboxylic acids is 1. The first-order valence-electron chi connectivity index (χ1n) is 4.86. The number of rotatable bonds is 8. The van der Waals surface area contributed by atoms with E-state index < -0.39 is 0 Å². The Morgan fingerprint density at radius 3 is 2.43 bits per heavy atom. The monoisotopic (exact) mass is 424 g/mol. The minimum Gasteiger partial charge on any atom is -0.315 e. The van der Waals surface area contributed by atoms with Gasteiger partial charge in [-0.2, -0.15) is 0 Å². The Morgan fingerprint density at radius 2 is 2.00 bits per heavy atom. The van der Waals surface area contributed by atoms with E-state index in [1.54, 1.807) is 0 Å². The fourth-order valence-corrected chi connectivity index (χ4v) is 2.73. The van der Waals surface area contributed by atoms with Crippen LogP contribution in [0, 0.1) is 0 Å². The number of hydrogen-bond donors (Lipinski definition) is 2. The van der Waals surface area contributed by atoms with E-state index in [2.05, 4.69) is 22.7 Å². The van der Waals surface area contributed by atoms with E-state index in [4.69, 9.17) is 0 Å². The minimum atomic E-state index is 0.0234. The molecule has 0 aliphatic carbocycles. The van der Waals surface area contributed by atoms with E-state index >= 15 is 0 Å². The highest BCUT2D eigenvalue weighted by atomic mass is 127. The third kappa shape index (κ3) is 8.37. The lowest BCUT2D eigenvalue weighted by atomic mass is 10.1. The maximum absolute atomic E-state index is 11.1. The molecule has 0 rings (SSSR count). The molecule has 1 unspecified atom stereocenters. The van der Waals surface area contributed by atoms with Crippen molar-refractivity contribution in [3.63, 3.8) is 0 Å². The van der Waals surface area contributed by atoms with Crippen molar-refractivity contribution in [2.45, 2.75) is 45.2 Å². The first-order valence-corrected chi connectivity index (χ1v) is 7.02. The van der Waals surface area contributed by atoms with Crippen molar-refractivity contribution >= 4 is 49.2 Å². The molecule has 5 heteroatoms. The summed E-state index contributed by atoms with van der Waals surface area (Å²) in [6.45, 7) is 5.33. The van der Waals surface area contributed by atoms with Gasteiger partial charge in [0, 0.05) is 51.5 Å². The van der Waals surface area contributed by atoms with E-state index in [1.807, 2.05) is 45.5 Å². The van der Waals surface area contributed by atoms with Gasteiger partial charge >= 0.3 is 0 Å². The number of hydrogen-bond acceptors (Lipinski definition) is 3. The third-order valence-electron chi connectivity index (χ3n) is 1.88. The van der Waals surface area contributed by atoms with Crippen LogP contribution in [0.2, 0.25) is 0 Å². The molecule has 0 radical (unpaired) electrons. The van der Waals surface area contributed by atoms with Gasteiger partial charge in [0.25, 0.3) is 0 Å². The van der Waals surface area contributed by atoms with Crippen molar-refractivity contribution < 1.29 is 4.79 Å². The third-order valence-corrected chi connectivity index (χ3v) is 3.38. The molecule has 0 aromatic rings. The second kappa shape index (κ2) is 9.29. The van der Waals surface area contributed by atoms with Crippen LogP contribution in [0.3, 0.4) is 0 Å². The average Bonchev–Trinajstić information content (AvgIpc) is 2.10. The standard InChI is InChI=1S/C9H18I2N2O/c1-7(2)12-6-4-3-5-8(13-11)9(10)14/h7-8,12-13H,3-6H2,1-2H3. The van der Waals surface area contributed by atoms with Crippen molar-refractivity contribution in [2.24, 2.45) is 0 Å². The summed E-state index contributed by atoms with van der Waals surface area (Å²) in [7, 11) is 0. The van der Waals surface area contributed by atoms with E-state index in [0.717, 1.165) is 25.8 Å². The zero-order valence-corrected chi connectivity index (χ0v) is 13.0. The Labute approximate surface area is 114 Å². The highest BCUT2D eigenvalue weighted by molar-refractivity contribution is 14.1. The molecule has 3 nitrogen and oxygen atoms in total. The summed E-state index contributed by atoms with van der Waals surface area (Å²) in [6, 6.07) is 0.579. The van der Waals surface area contributed by atoms with Gasteiger partial charge < -0.3 is 5.32 Å². The highest BCUT2D eigenvalue weighted by Gasteiger charge is 2.12. The van der Waals surface area contributed by atoms with E-state index in [0.29, 0.717) is 6.04 Å². The van der Waals surface area contributed by atoms with Crippen molar-refractivity contribution in [3.8, 4) is 0 Å². The Hall–Kier alpha value is 1.05. The van der Waals surface area contributed by atoms with Gasteiger partial charge in [0.1, 0.15) is 0 Å². The smallest absolute Gasteiger partial charge is 0.209 e. The lowest BCUT2D eigenvalue weighted by Gasteiger charge is -2.11. The molecule has 0 aromatic carbocycles. The van der Waals surface area contributed by atoms with Crippen molar-refractivity contribution in [1.82, 2.24) is 8.85 Å². The van der Waals surface area contributed by atoms with Gasteiger partial charge in [-0.15, -0.1) is 0 Å². The zero-order chi connectivity index (χ0) is 11.0. The molecule has 0 saturated carbocycles. The largest absolute Gasteiger partial charge is 0.315 e. The topological polar surface area (TPSA) is 41.1 Å². The molecule has 1 atom stereocenters. The minimum absolute atomic E-state index is 0.0234. The van der Waals surface area contributed by atoms with Crippen LogP contribution in [0.15, 0.2) is 0 Å². The van der Waals surface area contributed by atoms with Crippen LogP contribution in [-0.2, 0) is 4.79 Å². The van der Waals surface area contributed by atoms with Crippen LogP contribution in [0.1, 0.15) is 33.1 Å². The molecule has 0 amide bonds. The van der Waals surface area contributed by atoms with Crippen LogP contribution < -0.4 is 8.85 Å².